The zero-order valence-corrected chi connectivity index (χ0v) is 20.9. The molecule has 29 heavy (non-hydrogen) atoms. The number of aliphatic hydroxyl groups excluding tert-OH is 2. The Bertz CT molecular complexity index is 612. The number of carboxylic acid groups (broad SMARTS) is 1. The van der Waals surface area contributed by atoms with E-state index in [0.29, 0.717) is 35.5 Å². The van der Waals surface area contributed by atoms with Gasteiger partial charge < -0.3 is 15.3 Å². The second kappa shape index (κ2) is 8.73. The molecular weight excluding hydrogens is 375 g/mol. The Morgan fingerprint density at radius 1 is 1.00 bits per heavy atom. The summed E-state index contributed by atoms with van der Waals surface area (Å²) in [5, 5.41) is 30.5. The third kappa shape index (κ3) is 3.99. The minimum atomic E-state index is -0.684. The average Bonchev–Trinajstić information content (AvgIpc) is 2.98. The Balaban J connectivity index is 0.00000240. The van der Waals surface area contributed by atoms with Crippen molar-refractivity contribution < 1.29 is 49.7 Å². The molecule has 0 spiro atoms. The Labute approximate surface area is 198 Å². The second-order valence-electron chi connectivity index (χ2n) is 11.4. The summed E-state index contributed by atoms with van der Waals surface area (Å²) >= 11 is 0. The van der Waals surface area contributed by atoms with Crippen LogP contribution >= 0.6 is 0 Å². The molecule has 0 saturated heterocycles. The van der Waals surface area contributed by atoms with Crippen LogP contribution in [-0.4, -0.2) is 33.5 Å². The van der Waals surface area contributed by atoms with Gasteiger partial charge in [0.05, 0.1) is 12.2 Å². The molecule has 4 aliphatic rings. The summed E-state index contributed by atoms with van der Waals surface area (Å²) in [6.07, 6.45) is 9.19. The Morgan fingerprint density at radius 3 is 2.34 bits per heavy atom. The predicted molar refractivity (Wildman–Crippen MR) is 109 cm³/mol. The molecule has 4 fully saturated rings. The van der Waals surface area contributed by atoms with Crippen LogP contribution < -0.4 is 29.6 Å². The number of hydrogen-bond acceptors (Lipinski definition) is 3. The van der Waals surface area contributed by atoms with Crippen LogP contribution in [-0.2, 0) is 4.79 Å². The first kappa shape index (κ1) is 24.0. The van der Waals surface area contributed by atoms with E-state index in [-0.39, 0.29) is 59.0 Å². The second-order valence-corrected chi connectivity index (χ2v) is 11.4. The van der Waals surface area contributed by atoms with Gasteiger partial charge in [-0.2, -0.15) is 0 Å². The minimum Gasteiger partial charge on any atom is -0.481 e. The number of aliphatic carboxylic acids is 1. The van der Waals surface area contributed by atoms with Crippen molar-refractivity contribution in [3.8, 4) is 0 Å². The number of carboxylic acids is 1. The number of rotatable bonds is 4. The molecule has 4 nitrogen and oxygen atoms in total. The topological polar surface area (TPSA) is 77.8 Å². The Kier molecular flexibility index (Phi) is 7.24. The number of hydrogen-bond donors (Lipinski definition) is 3. The van der Waals surface area contributed by atoms with Gasteiger partial charge in [-0.05, 0) is 104 Å². The summed E-state index contributed by atoms with van der Waals surface area (Å²) in [7, 11) is 0. The fourth-order valence-corrected chi connectivity index (χ4v) is 8.73. The van der Waals surface area contributed by atoms with Gasteiger partial charge in [-0.25, -0.2) is 0 Å². The first-order valence-corrected chi connectivity index (χ1v) is 11.7. The quantitative estimate of drug-likeness (QED) is 0.608. The Hall–Kier alpha value is 0.390. The zero-order chi connectivity index (χ0) is 20.3. The van der Waals surface area contributed by atoms with Crippen molar-refractivity contribution in [3.05, 3.63) is 0 Å². The zero-order valence-electron chi connectivity index (χ0n) is 18.9. The van der Waals surface area contributed by atoms with Crippen LogP contribution in [0.1, 0.15) is 85.0 Å². The molecule has 0 radical (unpaired) electrons. The van der Waals surface area contributed by atoms with Gasteiger partial charge in [0.2, 0.25) is 0 Å². The van der Waals surface area contributed by atoms with E-state index in [1.54, 1.807) is 0 Å². The molecule has 4 rings (SSSR count). The molecule has 0 aromatic carbocycles. The summed E-state index contributed by atoms with van der Waals surface area (Å²) in [4.78, 5) is 11.1. The van der Waals surface area contributed by atoms with Crippen LogP contribution in [0.4, 0.5) is 0 Å². The molecule has 0 aromatic rings. The molecule has 4 saturated carbocycles. The van der Waals surface area contributed by atoms with Gasteiger partial charge in [-0.1, -0.05) is 20.8 Å². The molecule has 0 bridgehead atoms. The van der Waals surface area contributed by atoms with Crippen molar-refractivity contribution in [2.45, 2.75) is 97.2 Å². The monoisotopic (exact) mass is 415 g/mol. The standard InChI is InChI=1S/C24H40O4.Na/c1-14(4-7-21(27)28)17-5-6-18-22-19(9-11-24(17,18)3)23(2)10-8-16(25)12-15(23)13-20(22)26;/h14-20,22,25-26H,4-13H2,1-3H3,(H,27,28);/q;+1/t14-,15+,16-,17-,18+,19+,20+,22+,23+,24-;/m1./s1. The molecular formula is C24H40NaO4+. The van der Waals surface area contributed by atoms with Crippen LogP contribution in [0.15, 0.2) is 0 Å². The van der Waals surface area contributed by atoms with E-state index < -0.39 is 5.97 Å². The van der Waals surface area contributed by atoms with E-state index in [4.69, 9.17) is 5.11 Å². The van der Waals surface area contributed by atoms with Crippen molar-refractivity contribution >= 4 is 5.97 Å². The molecule has 4 aliphatic carbocycles. The van der Waals surface area contributed by atoms with E-state index in [1.165, 1.54) is 25.7 Å². The maximum atomic E-state index is 11.2. The Morgan fingerprint density at radius 2 is 1.66 bits per heavy atom. The summed E-state index contributed by atoms with van der Waals surface area (Å²) < 4.78 is 0. The summed E-state index contributed by atoms with van der Waals surface area (Å²) in [5.41, 5.74) is 0.523. The van der Waals surface area contributed by atoms with Crippen LogP contribution in [0, 0.1) is 46.3 Å². The normalized spacial score (nSPS) is 49.9. The smallest absolute Gasteiger partial charge is 0.481 e. The third-order valence-corrected chi connectivity index (χ3v) is 10.2. The molecule has 0 aromatic heterocycles. The van der Waals surface area contributed by atoms with Gasteiger partial charge in [-0.15, -0.1) is 0 Å². The number of fused-ring (bicyclic) bond motifs is 5. The third-order valence-electron chi connectivity index (χ3n) is 10.2. The predicted octanol–water partition coefficient (Wildman–Crippen LogP) is 1.48. The van der Waals surface area contributed by atoms with Crippen LogP contribution in [0.5, 0.6) is 0 Å². The SMILES string of the molecule is C[C@H](CCC(=O)O)[C@H]1CC[C@H]2[C@@H]3[C@@H](O)C[C@@H]4C[C@H](O)CC[C@]4(C)[C@H]3CC[C@]12C.[Na+]. The van der Waals surface area contributed by atoms with E-state index in [1.807, 2.05) is 0 Å². The van der Waals surface area contributed by atoms with Crippen molar-refractivity contribution in [1.82, 2.24) is 0 Å². The van der Waals surface area contributed by atoms with Crippen molar-refractivity contribution in [2.75, 3.05) is 0 Å². The van der Waals surface area contributed by atoms with Crippen molar-refractivity contribution in [1.29, 1.82) is 0 Å². The molecule has 160 valence electrons. The van der Waals surface area contributed by atoms with E-state index in [0.717, 1.165) is 32.1 Å². The van der Waals surface area contributed by atoms with Gasteiger partial charge in [0.1, 0.15) is 0 Å². The molecule has 0 amide bonds. The van der Waals surface area contributed by atoms with E-state index in [9.17, 15) is 15.0 Å². The fourth-order valence-electron chi connectivity index (χ4n) is 8.73. The first-order chi connectivity index (χ1) is 13.2. The van der Waals surface area contributed by atoms with Gasteiger partial charge in [0.25, 0.3) is 0 Å². The van der Waals surface area contributed by atoms with Crippen molar-refractivity contribution in [2.24, 2.45) is 46.3 Å². The molecule has 0 aliphatic heterocycles. The molecule has 0 heterocycles. The van der Waals surface area contributed by atoms with Crippen LogP contribution in [0.2, 0.25) is 0 Å². The number of aliphatic hydroxyl groups is 2. The number of carbonyl (C=O) groups is 1. The van der Waals surface area contributed by atoms with Crippen LogP contribution in [0.25, 0.3) is 0 Å². The van der Waals surface area contributed by atoms with Crippen molar-refractivity contribution in [3.63, 3.8) is 0 Å². The summed E-state index contributed by atoms with van der Waals surface area (Å²) in [5.74, 6) is 2.36. The first-order valence-electron chi connectivity index (χ1n) is 11.7. The molecule has 3 N–H and O–H groups in total. The van der Waals surface area contributed by atoms with Crippen LogP contribution in [0.3, 0.4) is 0 Å². The average molecular weight is 416 g/mol. The summed E-state index contributed by atoms with van der Waals surface area (Å²) in [6, 6.07) is 0. The maximum Gasteiger partial charge on any atom is 1.00 e. The van der Waals surface area contributed by atoms with E-state index >= 15 is 0 Å². The maximum absolute atomic E-state index is 11.2. The largest absolute Gasteiger partial charge is 1.00 e. The van der Waals surface area contributed by atoms with Gasteiger partial charge in [0, 0.05) is 6.42 Å². The molecule has 5 heteroatoms. The minimum absolute atomic E-state index is 0. The van der Waals surface area contributed by atoms with Gasteiger partial charge in [0.15, 0.2) is 0 Å². The molecule has 10 atom stereocenters. The van der Waals surface area contributed by atoms with Gasteiger partial charge >= 0.3 is 35.5 Å². The molecule has 0 unspecified atom stereocenters. The van der Waals surface area contributed by atoms with Gasteiger partial charge in [-0.3, -0.25) is 4.79 Å². The fraction of sp³-hybridized carbons (Fsp3) is 0.958. The summed E-state index contributed by atoms with van der Waals surface area (Å²) in [6.45, 7) is 7.16. The van der Waals surface area contributed by atoms with E-state index in [2.05, 4.69) is 20.8 Å².